The molecule has 0 unspecified atom stereocenters. The van der Waals surface area contributed by atoms with Crippen molar-refractivity contribution in [1.82, 2.24) is 5.32 Å². The molecular formula is C11H13NO3. The average Bonchev–Trinajstić information content (AvgIpc) is 2.25. The predicted molar refractivity (Wildman–Crippen MR) is 56.1 cm³/mol. The third-order valence-corrected chi connectivity index (χ3v) is 1.99. The number of hydrogen-bond donors (Lipinski definition) is 1. The van der Waals surface area contributed by atoms with Gasteiger partial charge in [-0.25, -0.2) is 0 Å². The maximum absolute atomic E-state index is 11.4. The molecule has 4 heteroatoms. The summed E-state index contributed by atoms with van der Waals surface area (Å²) in [5, 5.41) is 2.55. The number of carbonyl (C=O) groups excluding carboxylic acids is 2. The molecule has 1 amide bonds. The van der Waals surface area contributed by atoms with E-state index in [1.165, 1.54) is 0 Å². The van der Waals surface area contributed by atoms with Gasteiger partial charge in [0.15, 0.2) is 6.29 Å². The molecule has 1 aromatic rings. The van der Waals surface area contributed by atoms with E-state index in [4.69, 9.17) is 4.74 Å². The zero-order chi connectivity index (χ0) is 11.3. The third-order valence-electron chi connectivity index (χ3n) is 1.99. The van der Waals surface area contributed by atoms with Gasteiger partial charge in [0.1, 0.15) is 12.4 Å². The van der Waals surface area contributed by atoms with Gasteiger partial charge in [0.05, 0.1) is 0 Å². The first-order chi connectivity index (χ1) is 7.19. The number of benzene rings is 1. The smallest absolute Gasteiger partial charge is 0.251 e. The molecule has 1 aromatic carbocycles. The van der Waals surface area contributed by atoms with Crippen molar-refractivity contribution in [3.8, 4) is 5.75 Å². The second kappa shape index (κ2) is 5.14. The van der Waals surface area contributed by atoms with Crippen LogP contribution in [0.15, 0.2) is 18.2 Å². The summed E-state index contributed by atoms with van der Waals surface area (Å²) in [6.45, 7) is 1.84. The lowest BCUT2D eigenvalue weighted by Gasteiger charge is -2.07. The molecule has 0 fully saturated rings. The molecule has 1 N–H and O–H groups in total. The van der Waals surface area contributed by atoms with Crippen LogP contribution in [0.2, 0.25) is 0 Å². The Morgan fingerprint density at radius 2 is 2.27 bits per heavy atom. The van der Waals surface area contributed by atoms with Crippen molar-refractivity contribution in [2.24, 2.45) is 0 Å². The Bertz CT molecular complexity index is 374. The highest BCUT2D eigenvalue weighted by molar-refractivity contribution is 5.95. The summed E-state index contributed by atoms with van der Waals surface area (Å²) in [6, 6.07) is 5.07. The van der Waals surface area contributed by atoms with Crippen molar-refractivity contribution in [3.05, 3.63) is 29.3 Å². The fraction of sp³-hybridized carbons (Fsp3) is 0.273. The maximum atomic E-state index is 11.4. The van der Waals surface area contributed by atoms with Crippen LogP contribution < -0.4 is 10.1 Å². The van der Waals surface area contributed by atoms with E-state index < -0.39 is 0 Å². The van der Waals surface area contributed by atoms with Crippen LogP contribution in [0.5, 0.6) is 5.75 Å². The largest absolute Gasteiger partial charge is 0.486 e. The van der Waals surface area contributed by atoms with Crippen LogP contribution in [-0.2, 0) is 4.79 Å². The minimum atomic E-state index is -0.130. The van der Waals surface area contributed by atoms with E-state index in [-0.39, 0.29) is 12.5 Å². The molecule has 80 valence electrons. The standard InChI is InChI=1S/C11H13NO3/c1-8-7-9(15-6-5-13)3-4-10(8)11(14)12-2/h3-5,7H,6H2,1-2H3,(H,12,14). The summed E-state index contributed by atoms with van der Waals surface area (Å²) in [5.41, 5.74) is 1.42. The number of aldehydes is 1. The molecule has 4 nitrogen and oxygen atoms in total. The second-order valence-corrected chi connectivity index (χ2v) is 3.03. The van der Waals surface area contributed by atoms with Crippen LogP contribution in [0.25, 0.3) is 0 Å². The van der Waals surface area contributed by atoms with Crippen LogP contribution in [0.3, 0.4) is 0 Å². The number of carbonyl (C=O) groups is 2. The van der Waals surface area contributed by atoms with Gasteiger partial charge >= 0.3 is 0 Å². The lowest BCUT2D eigenvalue weighted by atomic mass is 10.1. The first kappa shape index (κ1) is 11.2. The minimum Gasteiger partial charge on any atom is -0.486 e. The SMILES string of the molecule is CNC(=O)c1ccc(OCC=O)cc1C. The fourth-order valence-electron chi connectivity index (χ4n) is 1.25. The van der Waals surface area contributed by atoms with Crippen LogP contribution in [0.1, 0.15) is 15.9 Å². The number of aryl methyl sites for hydroxylation is 1. The van der Waals surface area contributed by atoms with E-state index in [1.807, 2.05) is 6.92 Å². The summed E-state index contributed by atoms with van der Waals surface area (Å²) in [7, 11) is 1.58. The first-order valence-electron chi connectivity index (χ1n) is 4.58. The molecule has 0 saturated carbocycles. The van der Waals surface area contributed by atoms with Gasteiger partial charge in [0, 0.05) is 12.6 Å². The molecule has 0 radical (unpaired) electrons. The zero-order valence-corrected chi connectivity index (χ0v) is 8.74. The van der Waals surface area contributed by atoms with Gasteiger partial charge in [-0.2, -0.15) is 0 Å². The van der Waals surface area contributed by atoms with Crippen molar-refractivity contribution >= 4 is 12.2 Å². The average molecular weight is 207 g/mol. The van der Waals surface area contributed by atoms with Crippen LogP contribution in [0.4, 0.5) is 0 Å². The topological polar surface area (TPSA) is 55.4 Å². The predicted octanol–water partition coefficient (Wildman–Crippen LogP) is 0.932. The quantitative estimate of drug-likeness (QED) is 0.747. The molecule has 0 saturated heterocycles. The normalized spacial score (nSPS) is 9.47. The van der Waals surface area contributed by atoms with Gasteiger partial charge in [-0.15, -0.1) is 0 Å². The van der Waals surface area contributed by atoms with Gasteiger partial charge in [0.2, 0.25) is 0 Å². The Balaban J connectivity index is 2.87. The zero-order valence-electron chi connectivity index (χ0n) is 8.74. The van der Waals surface area contributed by atoms with E-state index in [0.717, 1.165) is 5.56 Å². The molecule has 0 spiro atoms. The molecule has 0 atom stereocenters. The lowest BCUT2D eigenvalue weighted by Crippen LogP contribution is -2.18. The molecular weight excluding hydrogens is 194 g/mol. The number of amides is 1. The molecule has 0 heterocycles. The van der Waals surface area contributed by atoms with Gasteiger partial charge in [-0.1, -0.05) is 0 Å². The highest BCUT2D eigenvalue weighted by atomic mass is 16.5. The van der Waals surface area contributed by atoms with Crippen molar-refractivity contribution < 1.29 is 14.3 Å². The monoisotopic (exact) mass is 207 g/mol. The molecule has 0 aliphatic carbocycles. The Kier molecular flexibility index (Phi) is 3.85. The van der Waals surface area contributed by atoms with Crippen LogP contribution in [-0.4, -0.2) is 25.8 Å². The Labute approximate surface area is 88.2 Å². The van der Waals surface area contributed by atoms with E-state index in [0.29, 0.717) is 17.6 Å². The lowest BCUT2D eigenvalue weighted by molar-refractivity contribution is -0.109. The van der Waals surface area contributed by atoms with Crippen molar-refractivity contribution in [2.75, 3.05) is 13.7 Å². The van der Waals surface area contributed by atoms with Crippen molar-refractivity contribution in [3.63, 3.8) is 0 Å². The number of hydrogen-bond acceptors (Lipinski definition) is 3. The van der Waals surface area contributed by atoms with Crippen LogP contribution in [0, 0.1) is 6.92 Å². The summed E-state index contributed by atoms with van der Waals surface area (Å²) in [5.74, 6) is 0.460. The highest BCUT2D eigenvalue weighted by Gasteiger charge is 2.07. The van der Waals surface area contributed by atoms with E-state index in [1.54, 1.807) is 25.2 Å². The van der Waals surface area contributed by atoms with Crippen molar-refractivity contribution in [2.45, 2.75) is 6.92 Å². The summed E-state index contributed by atoms with van der Waals surface area (Å²) in [6.07, 6.45) is 0.683. The Hall–Kier alpha value is -1.84. The maximum Gasteiger partial charge on any atom is 0.251 e. The van der Waals surface area contributed by atoms with Crippen LogP contribution >= 0.6 is 0 Å². The first-order valence-corrected chi connectivity index (χ1v) is 4.58. The van der Waals surface area contributed by atoms with E-state index >= 15 is 0 Å². The molecule has 0 aromatic heterocycles. The van der Waals surface area contributed by atoms with Gasteiger partial charge in [-0.05, 0) is 30.7 Å². The van der Waals surface area contributed by atoms with E-state index in [2.05, 4.69) is 5.32 Å². The Morgan fingerprint density at radius 1 is 1.53 bits per heavy atom. The molecule has 15 heavy (non-hydrogen) atoms. The summed E-state index contributed by atoms with van der Waals surface area (Å²) < 4.78 is 5.10. The molecule has 1 rings (SSSR count). The third kappa shape index (κ3) is 2.80. The second-order valence-electron chi connectivity index (χ2n) is 3.03. The summed E-state index contributed by atoms with van der Waals surface area (Å²) in [4.78, 5) is 21.4. The fourth-order valence-corrected chi connectivity index (χ4v) is 1.25. The summed E-state index contributed by atoms with van der Waals surface area (Å²) >= 11 is 0. The van der Waals surface area contributed by atoms with Gasteiger partial charge in [-0.3, -0.25) is 9.59 Å². The van der Waals surface area contributed by atoms with E-state index in [9.17, 15) is 9.59 Å². The minimum absolute atomic E-state index is 0.0265. The molecule has 0 aliphatic heterocycles. The van der Waals surface area contributed by atoms with Crippen molar-refractivity contribution in [1.29, 1.82) is 0 Å². The van der Waals surface area contributed by atoms with Gasteiger partial charge in [0.25, 0.3) is 5.91 Å². The highest BCUT2D eigenvalue weighted by Crippen LogP contribution is 2.16. The number of nitrogens with one attached hydrogen (secondary N) is 1. The number of ether oxygens (including phenoxy) is 1. The Morgan fingerprint density at radius 3 is 2.80 bits per heavy atom. The molecule has 0 bridgehead atoms. The number of rotatable bonds is 4. The van der Waals surface area contributed by atoms with Gasteiger partial charge < -0.3 is 10.1 Å². The molecule has 0 aliphatic rings.